The summed E-state index contributed by atoms with van der Waals surface area (Å²) < 4.78 is 27.0. The Bertz CT molecular complexity index is 508. The lowest BCUT2D eigenvalue weighted by Gasteiger charge is -2.07. The van der Waals surface area contributed by atoms with Crippen LogP contribution in [0.15, 0.2) is 18.2 Å². The Morgan fingerprint density at radius 2 is 2.06 bits per heavy atom. The van der Waals surface area contributed by atoms with E-state index in [2.05, 4.69) is 0 Å². The highest BCUT2D eigenvalue weighted by Gasteiger charge is 2.17. The highest BCUT2D eigenvalue weighted by molar-refractivity contribution is 7.91. The van der Waals surface area contributed by atoms with Crippen molar-refractivity contribution in [1.29, 1.82) is 0 Å². The number of carbonyl (C=O) groups is 1. The van der Waals surface area contributed by atoms with E-state index >= 15 is 0 Å². The number of sulfone groups is 1. The molecule has 1 rings (SSSR count). The number of methoxy groups -OCH3 is 1. The average Bonchev–Trinajstić information content (AvgIpc) is 2.15. The molecule has 1 aromatic rings. The molecule has 4 nitrogen and oxygen atoms in total. The standard InChI is InChI=1S/C10H11ClO4S/c1-15-10-4-3-7(11)5-8(10)9(12)6-16(2,13)14/h3-5H,6H2,1-2H3. The third-order valence-electron chi connectivity index (χ3n) is 1.86. The minimum absolute atomic E-state index is 0.181. The fourth-order valence-electron chi connectivity index (χ4n) is 1.21. The molecule has 0 heterocycles. The van der Waals surface area contributed by atoms with E-state index in [0.717, 1.165) is 6.26 Å². The molecule has 0 aliphatic rings. The van der Waals surface area contributed by atoms with E-state index in [1.54, 1.807) is 6.07 Å². The van der Waals surface area contributed by atoms with Crippen molar-refractivity contribution in [2.75, 3.05) is 19.1 Å². The first-order valence-corrected chi connectivity index (χ1v) is 6.82. The molecule has 0 spiro atoms. The van der Waals surface area contributed by atoms with E-state index in [-0.39, 0.29) is 5.56 Å². The highest BCUT2D eigenvalue weighted by atomic mass is 35.5. The normalized spacial score (nSPS) is 11.2. The quantitative estimate of drug-likeness (QED) is 0.773. The van der Waals surface area contributed by atoms with E-state index in [1.165, 1.54) is 19.2 Å². The molecule has 0 radical (unpaired) electrons. The summed E-state index contributed by atoms with van der Waals surface area (Å²) in [5, 5.41) is 0.359. The first kappa shape index (κ1) is 13.0. The van der Waals surface area contributed by atoms with E-state index in [9.17, 15) is 13.2 Å². The first-order chi connectivity index (χ1) is 7.33. The van der Waals surface area contributed by atoms with Gasteiger partial charge < -0.3 is 4.74 Å². The Hall–Kier alpha value is -1.07. The average molecular weight is 263 g/mol. The summed E-state index contributed by atoms with van der Waals surface area (Å²) in [7, 11) is -1.95. The molecule has 0 fully saturated rings. The predicted octanol–water partition coefficient (Wildman–Crippen LogP) is 1.58. The van der Waals surface area contributed by atoms with Crippen LogP contribution in [0.2, 0.25) is 5.02 Å². The maximum Gasteiger partial charge on any atom is 0.181 e. The van der Waals surface area contributed by atoms with Gasteiger partial charge in [0.05, 0.1) is 12.7 Å². The fraction of sp³-hybridized carbons (Fsp3) is 0.300. The van der Waals surface area contributed by atoms with Gasteiger partial charge in [-0.3, -0.25) is 4.79 Å². The molecule has 6 heteroatoms. The summed E-state index contributed by atoms with van der Waals surface area (Å²) in [6.07, 6.45) is 1.00. The number of Topliss-reactive ketones (excluding diaryl/α,β-unsaturated/α-hetero) is 1. The van der Waals surface area contributed by atoms with Crippen molar-refractivity contribution in [3.05, 3.63) is 28.8 Å². The van der Waals surface area contributed by atoms with Crippen molar-refractivity contribution in [2.45, 2.75) is 0 Å². The van der Waals surface area contributed by atoms with E-state index in [1.807, 2.05) is 0 Å². The minimum Gasteiger partial charge on any atom is -0.496 e. The number of hydrogen-bond donors (Lipinski definition) is 0. The number of benzene rings is 1. The van der Waals surface area contributed by atoms with Crippen molar-refractivity contribution in [1.82, 2.24) is 0 Å². The van der Waals surface area contributed by atoms with Crippen LogP contribution in [-0.2, 0) is 9.84 Å². The van der Waals surface area contributed by atoms with Crippen LogP contribution < -0.4 is 4.74 Å². The van der Waals surface area contributed by atoms with E-state index in [0.29, 0.717) is 10.8 Å². The molecule has 0 N–H and O–H groups in total. The van der Waals surface area contributed by atoms with Crippen LogP contribution in [0, 0.1) is 0 Å². The van der Waals surface area contributed by atoms with Crippen LogP contribution in [0.5, 0.6) is 5.75 Å². The van der Waals surface area contributed by atoms with Crippen LogP contribution >= 0.6 is 11.6 Å². The second kappa shape index (κ2) is 4.84. The molecule has 16 heavy (non-hydrogen) atoms. The molecular weight excluding hydrogens is 252 g/mol. The summed E-state index contributed by atoms with van der Waals surface area (Å²) in [6, 6.07) is 4.49. The first-order valence-electron chi connectivity index (χ1n) is 4.38. The Morgan fingerprint density at radius 3 is 2.56 bits per heavy atom. The molecular formula is C10H11ClO4S. The number of hydrogen-bond acceptors (Lipinski definition) is 4. The Balaban J connectivity index is 3.12. The largest absolute Gasteiger partial charge is 0.496 e. The predicted molar refractivity (Wildman–Crippen MR) is 62.0 cm³/mol. The van der Waals surface area contributed by atoms with Crippen LogP contribution in [0.3, 0.4) is 0 Å². The molecule has 0 atom stereocenters. The monoisotopic (exact) mass is 262 g/mol. The van der Waals surface area contributed by atoms with Gasteiger partial charge in [-0.1, -0.05) is 11.6 Å². The molecule has 0 unspecified atom stereocenters. The maximum absolute atomic E-state index is 11.7. The van der Waals surface area contributed by atoms with Gasteiger partial charge in [-0.2, -0.15) is 0 Å². The van der Waals surface area contributed by atoms with Crippen LogP contribution in [0.25, 0.3) is 0 Å². The molecule has 0 amide bonds. The third kappa shape index (κ3) is 3.50. The minimum atomic E-state index is -3.36. The maximum atomic E-state index is 11.7. The zero-order chi connectivity index (χ0) is 12.3. The van der Waals surface area contributed by atoms with Crippen molar-refractivity contribution >= 4 is 27.2 Å². The van der Waals surface area contributed by atoms with Crippen LogP contribution in [-0.4, -0.2) is 33.3 Å². The molecule has 0 saturated carbocycles. The van der Waals surface area contributed by atoms with Gasteiger partial charge in [0, 0.05) is 11.3 Å². The topological polar surface area (TPSA) is 60.4 Å². The fourth-order valence-corrected chi connectivity index (χ4v) is 2.02. The number of ketones is 1. The summed E-state index contributed by atoms with van der Waals surface area (Å²) >= 11 is 5.73. The lowest BCUT2D eigenvalue weighted by Crippen LogP contribution is -2.15. The van der Waals surface area contributed by atoms with Gasteiger partial charge >= 0.3 is 0 Å². The third-order valence-corrected chi connectivity index (χ3v) is 2.88. The second-order valence-electron chi connectivity index (χ2n) is 3.34. The van der Waals surface area contributed by atoms with Gasteiger partial charge in [-0.25, -0.2) is 8.42 Å². The zero-order valence-electron chi connectivity index (χ0n) is 8.86. The van der Waals surface area contributed by atoms with Crippen molar-refractivity contribution in [3.63, 3.8) is 0 Å². The van der Waals surface area contributed by atoms with Crippen molar-refractivity contribution < 1.29 is 17.9 Å². The Morgan fingerprint density at radius 1 is 1.44 bits per heavy atom. The summed E-state index contributed by atoms with van der Waals surface area (Å²) in [5.41, 5.74) is 0.181. The van der Waals surface area contributed by atoms with Crippen molar-refractivity contribution in [3.8, 4) is 5.75 Å². The van der Waals surface area contributed by atoms with Crippen molar-refractivity contribution in [2.24, 2.45) is 0 Å². The van der Waals surface area contributed by atoms with Crippen LogP contribution in [0.4, 0.5) is 0 Å². The SMILES string of the molecule is COc1ccc(Cl)cc1C(=O)CS(C)(=O)=O. The molecule has 0 aliphatic carbocycles. The second-order valence-corrected chi connectivity index (χ2v) is 5.91. The molecule has 0 bridgehead atoms. The molecule has 88 valence electrons. The molecule has 1 aromatic carbocycles. The van der Waals surface area contributed by atoms with Gasteiger partial charge in [0.1, 0.15) is 11.5 Å². The molecule has 0 aliphatic heterocycles. The van der Waals surface area contributed by atoms with Gasteiger partial charge in [0.25, 0.3) is 0 Å². The van der Waals surface area contributed by atoms with Gasteiger partial charge in [-0.05, 0) is 18.2 Å². The molecule has 0 aromatic heterocycles. The number of rotatable bonds is 4. The van der Waals surface area contributed by atoms with Gasteiger partial charge in [-0.15, -0.1) is 0 Å². The number of ether oxygens (including phenoxy) is 1. The van der Waals surface area contributed by atoms with E-state index in [4.69, 9.17) is 16.3 Å². The Kier molecular flexibility index (Phi) is 3.93. The van der Waals surface area contributed by atoms with Gasteiger partial charge in [0.15, 0.2) is 15.6 Å². The molecule has 0 saturated heterocycles. The summed E-state index contributed by atoms with van der Waals surface area (Å²) in [5.74, 6) is -0.760. The highest BCUT2D eigenvalue weighted by Crippen LogP contribution is 2.23. The summed E-state index contributed by atoms with van der Waals surface area (Å²) in [4.78, 5) is 11.7. The Labute approximate surface area is 99.1 Å². The van der Waals surface area contributed by atoms with Crippen LogP contribution in [0.1, 0.15) is 10.4 Å². The lowest BCUT2D eigenvalue weighted by atomic mass is 10.1. The smallest absolute Gasteiger partial charge is 0.181 e. The van der Waals surface area contributed by atoms with E-state index < -0.39 is 21.4 Å². The number of halogens is 1. The number of carbonyl (C=O) groups excluding carboxylic acids is 1. The summed E-state index contributed by atoms with van der Waals surface area (Å²) in [6.45, 7) is 0. The lowest BCUT2D eigenvalue weighted by molar-refractivity contribution is 0.101. The van der Waals surface area contributed by atoms with Gasteiger partial charge in [0.2, 0.25) is 0 Å². The zero-order valence-corrected chi connectivity index (χ0v) is 10.4.